The molecule has 0 aliphatic carbocycles. The van der Waals surface area contributed by atoms with Crippen LogP contribution in [0.15, 0.2) is 48.5 Å². The zero-order chi connectivity index (χ0) is 25.0. The topological polar surface area (TPSA) is 56.3 Å². The molecule has 0 saturated carbocycles. The van der Waals surface area contributed by atoms with E-state index < -0.39 is 5.54 Å². The first-order valence-electron chi connectivity index (χ1n) is 12.2. The van der Waals surface area contributed by atoms with Crippen LogP contribution in [-0.4, -0.2) is 91.0 Å². The number of rotatable bonds is 9. The number of likely N-dealkylation sites (tertiary alicyclic amines) is 1. The summed E-state index contributed by atoms with van der Waals surface area (Å²) in [5.41, 5.74) is 0.910. The van der Waals surface area contributed by atoms with Gasteiger partial charge in [-0.25, -0.2) is 9.18 Å². The van der Waals surface area contributed by atoms with E-state index >= 15 is 0 Å². The summed E-state index contributed by atoms with van der Waals surface area (Å²) in [7, 11) is 5.50. The number of ether oxygens (including phenoxy) is 1. The van der Waals surface area contributed by atoms with E-state index in [9.17, 15) is 14.0 Å². The highest BCUT2D eigenvalue weighted by Gasteiger charge is 2.57. The van der Waals surface area contributed by atoms with Crippen LogP contribution in [0.4, 0.5) is 9.18 Å². The van der Waals surface area contributed by atoms with Crippen LogP contribution in [-0.2, 0) is 17.8 Å². The van der Waals surface area contributed by atoms with Crippen LogP contribution < -0.4 is 4.74 Å². The number of benzene rings is 2. The zero-order valence-corrected chi connectivity index (χ0v) is 20.9. The van der Waals surface area contributed by atoms with E-state index in [2.05, 4.69) is 4.90 Å². The van der Waals surface area contributed by atoms with Gasteiger partial charge in [0.2, 0.25) is 0 Å². The van der Waals surface area contributed by atoms with Gasteiger partial charge in [-0.2, -0.15) is 0 Å². The van der Waals surface area contributed by atoms with Crippen molar-refractivity contribution < 1.29 is 18.7 Å². The predicted octanol–water partition coefficient (Wildman–Crippen LogP) is 3.24. The molecule has 0 atom stereocenters. The highest BCUT2D eigenvalue weighted by atomic mass is 19.1. The highest BCUT2D eigenvalue weighted by molar-refractivity contribution is 6.07. The van der Waals surface area contributed by atoms with Gasteiger partial charge in [0, 0.05) is 44.8 Å². The molecule has 35 heavy (non-hydrogen) atoms. The fourth-order valence-electron chi connectivity index (χ4n) is 5.05. The Bertz CT molecular complexity index is 1030. The molecular formula is C27H35FN4O3. The summed E-state index contributed by atoms with van der Waals surface area (Å²) in [5.74, 6) is 0.482. The molecule has 4 rings (SSSR count). The molecule has 2 fully saturated rings. The van der Waals surface area contributed by atoms with Crippen LogP contribution in [0.5, 0.6) is 5.75 Å². The maximum absolute atomic E-state index is 14.2. The van der Waals surface area contributed by atoms with Gasteiger partial charge in [0.15, 0.2) is 0 Å². The summed E-state index contributed by atoms with van der Waals surface area (Å²) in [6.07, 6.45) is 1.76. The minimum atomic E-state index is -0.832. The quantitative estimate of drug-likeness (QED) is 0.514. The third kappa shape index (κ3) is 5.33. The molecule has 188 valence electrons. The number of methoxy groups -OCH3 is 1. The van der Waals surface area contributed by atoms with E-state index in [1.165, 1.54) is 11.0 Å². The van der Waals surface area contributed by atoms with E-state index in [-0.39, 0.29) is 17.8 Å². The van der Waals surface area contributed by atoms with E-state index in [1.54, 1.807) is 24.1 Å². The van der Waals surface area contributed by atoms with Gasteiger partial charge in [-0.05, 0) is 57.1 Å². The number of urea groups is 1. The second-order valence-electron chi connectivity index (χ2n) is 9.69. The minimum absolute atomic E-state index is 0.0929. The molecule has 2 aromatic rings. The Labute approximate surface area is 207 Å². The lowest BCUT2D eigenvalue weighted by molar-refractivity contribution is -0.135. The molecule has 2 saturated heterocycles. The SMILES string of the molecule is COc1ccc(CCN2C(=O)N(CCN(C)C)C(=O)C23CCN(Cc2ccccc2F)CC3)cc1. The molecule has 2 aromatic carbocycles. The number of carbonyl (C=O) groups excluding carboxylic acids is 2. The molecular weight excluding hydrogens is 447 g/mol. The van der Waals surface area contributed by atoms with Crippen molar-refractivity contribution >= 4 is 11.9 Å². The Hall–Kier alpha value is -2.97. The van der Waals surface area contributed by atoms with Crippen LogP contribution in [0.2, 0.25) is 0 Å². The Morgan fingerprint density at radius 1 is 1.00 bits per heavy atom. The molecule has 0 bridgehead atoms. The largest absolute Gasteiger partial charge is 0.497 e. The van der Waals surface area contributed by atoms with Crippen molar-refractivity contribution in [2.75, 3.05) is 53.9 Å². The first-order chi connectivity index (χ1) is 16.8. The van der Waals surface area contributed by atoms with Crippen LogP contribution in [0, 0.1) is 5.82 Å². The molecule has 0 aromatic heterocycles. The Balaban J connectivity index is 1.50. The Kier molecular flexibility index (Phi) is 7.72. The summed E-state index contributed by atoms with van der Waals surface area (Å²) in [4.78, 5) is 34.5. The van der Waals surface area contributed by atoms with Gasteiger partial charge in [0.1, 0.15) is 17.1 Å². The number of imide groups is 1. The van der Waals surface area contributed by atoms with Gasteiger partial charge in [-0.3, -0.25) is 14.6 Å². The van der Waals surface area contributed by atoms with E-state index in [4.69, 9.17) is 4.74 Å². The van der Waals surface area contributed by atoms with Gasteiger partial charge in [0.05, 0.1) is 7.11 Å². The van der Waals surface area contributed by atoms with Crippen molar-refractivity contribution in [3.63, 3.8) is 0 Å². The van der Waals surface area contributed by atoms with Gasteiger partial charge in [-0.15, -0.1) is 0 Å². The van der Waals surface area contributed by atoms with Gasteiger partial charge in [0.25, 0.3) is 5.91 Å². The molecule has 2 aliphatic heterocycles. The first-order valence-corrected chi connectivity index (χ1v) is 12.2. The Morgan fingerprint density at radius 2 is 1.69 bits per heavy atom. The van der Waals surface area contributed by atoms with Crippen molar-refractivity contribution in [1.29, 1.82) is 0 Å². The van der Waals surface area contributed by atoms with Crippen LogP contribution >= 0.6 is 0 Å². The maximum Gasteiger partial charge on any atom is 0.327 e. The maximum atomic E-state index is 14.2. The predicted molar refractivity (Wildman–Crippen MR) is 133 cm³/mol. The van der Waals surface area contributed by atoms with E-state index in [1.807, 2.05) is 49.3 Å². The summed E-state index contributed by atoms with van der Waals surface area (Å²) in [6.45, 7) is 3.25. The normalized spacial score (nSPS) is 18.2. The van der Waals surface area contributed by atoms with Crippen molar-refractivity contribution in [3.8, 4) is 5.75 Å². The van der Waals surface area contributed by atoms with Gasteiger partial charge < -0.3 is 14.5 Å². The van der Waals surface area contributed by atoms with Gasteiger partial charge >= 0.3 is 6.03 Å². The molecule has 3 amide bonds. The van der Waals surface area contributed by atoms with Crippen LogP contribution in [0.1, 0.15) is 24.0 Å². The molecule has 0 N–H and O–H groups in total. The van der Waals surface area contributed by atoms with Crippen LogP contribution in [0.25, 0.3) is 0 Å². The smallest absolute Gasteiger partial charge is 0.327 e. The third-order valence-electron chi connectivity index (χ3n) is 7.21. The molecule has 8 heteroatoms. The average Bonchev–Trinajstić information content (AvgIpc) is 3.04. The van der Waals surface area contributed by atoms with E-state index in [0.717, 1.165) is 11.3 Å². The number of carbonyl (C=O) groups is 2. The van der Waals surface area contributed by atoms with Crippen molar-refractivity contribution in [1.82, 2.24) is 19.6 Å². The summed E-state index contributed by atoms with van der Waals surface area (Å²) in [5, 5.41) is 0. The average molecular weight is 483 g/mol. The minimum Gasteiger partial charge on any atom is -0.497 e. The number of hydrogen-bond acceptors (Lipinski definition) is 5. The number of nitrogens with zero attached hydrogens (tertiary/aromatic N) is 4. The monoisotopic (exact) mass is 482 g/mol. The number of likely N-dealkylation sites (N-methyl/N-ethyl adjacent to an activating group) is 1. The second-order valence-corrected chi connectivity index (χ2v) is 9.69. The molecule has 7 nitrogen and oxygen atoms in total. The van der Waals surface area contributed by atoms with Crippen molar-refractivity contribution in [3.05, 3.63) is 65.5 Å². The summed E-state index contributed by atoms with van der Waals surface area (Å²) < 4.78 is 19.4. The number of piperidine rings is 1. The van der Waals surface area contributed by atoms with Crippen molar-refractivity contribution in [2.45, 2.75) is 31.3 Å². The Morgan fingerprint density at radius 3 is 2.31 bits per heavy atom. The highest BCUT2D eigenvalue weighted by Crippen LogP contribution is 2.38. The molecule has 0 unspecified atom stereocenters. The van der Waals surface area contributed by atoms with E-state index in [0.29, 0.717) is 64.1 Å². The standard InChI is InChI=1S/C27H35FN4O3/c1-29(2)18-19-31-25(33)27(13-16-30(17-14-27)20-22-6-4-5-7-24(22)28)32(26(31)34)15-12-21-8-10-23(35-3)11-9-21/h4-11H,12-20H2,1-3H3. The summed E-state index contributed by atoms with van der Waals surface area (Å²) in [6, 6.07) is 14.4. The summed E-state index contributed by atoms with van der Waals surface area (Å²) >= 11 is 0. The lowest BCUT2D eigenvalue weighted by atomic mass is 9.85. The molecule has 1 spiro atoms. The zero-order valence-electron chi connectivity index (χ0n) is 20.9. The molecule has 2 aliphatic rings. The lowest BCUT2D eigenvalue weighted by Gasteiger charge is -2.42. The third-order valence-corrected chi connectivity index (χ3v) is 7.21. The molecule has 2 heterocycles. The number of halogens is 1. The van der Waals surface area contributed by atoms with Crippen LogP contribution in [0.3, 0.4) is 0 Å². The fraction of sp³-hybridized carbons (Fsp3) is 0.481. The van der Waals surface area contributed by atoms with Crippen molar-refractivity contribution in [2.24, 2.45) is 0 Å². The number of amides is 3. The number of hydrogen-bond donors (Lipinski definition) is 0. The van der Waals surface area contributed by atoms with Gasteiger partial charge in [-0.1, -0.05) is 30.3 Å². The lowest BCUT2D eigenvalue weighted by Crippen LogP contribution is -2.56. The molecule has 0 radical (unpaired) electrons. The fourth-order valence-corrected chi connectivity index (χ4v) is 5.05. The first kappa shape index (κ1) is 25.1. The second kappa shape index (κ2) is 10.7.